The molecule has 0 atom stereocenters. The Labute approximate surface area is 151 Å². The summed E-state index contributed by atoms with van der Waals surface area (Å²) < 4.78 is 5.92. The number of carbonyl (C=O) groups is 1. The Morgan fingerprint density at radius 1 is 1.12 bits per heavy atom. The Kier molecular flexibility index (Phi) is 8.30. The maximum Gasteiger partial charge on any atom is 0.328 e. The van der Waals surface area contributed by atoms with Gasteiger partial charge in [-0.2, -0.15) is 0 Å². The van der Waals surface area contributed by atoms with Crippen LogP contribution >= 0.6 is 0 Å². The second kappa shape index (κ2) is 10.8. The predicted molar refractivity (Wildman–Crippen MR) is 103 cm³/mol. The molecule has 1 fully saturated rings. The average Bonchev–Trinajstić information content (AvgIpc) is 2.63. The first-order chi connectivity index (χ1) is 12.2. The number of ether oxygens (including phenoxy) is 1. The lowest BCUT2D eigenvalue weighted by atomic mass is 9.80. The lowest BCUT2D eigenvalue weighted by Crippen LogP contribution is -2.20. The lowest BCUT2D eigenvalue weighted by Gasteiger charge is -2.28. The Bertz CT molecular complexity index is 551. The van der Waals surface area contributed by atoms with Crippen LogP contribution in [0.1, 0.15) is 56.9 Å². The summed E-state index contributed by atoms with van der Waals surface area (Å²) in [4.78, 5) is 10.5. The monoisotopic (exact) mass is 342 g/mol. The van der Waals surface area contributed by atoms with E-state index in [9.17, 15) is 4.79 Å². The highest BCUT2D eigenvalue weighted by molar-refractivity contribution is 5.85. The Balaban J connectivity index is 1.65. The highest BCUT2D eigenvalue weighted by atomic mass is 16.5. The van der Waals surface area contributed by atoms with Gasteiger partial charge in [0.05, 0.1) is 6.61 Å². The van der Waals surface area contributed by atoms with Gasteiger partial charge in [0.2, 0.25) is 0 Å². The highest BCUT2D eigenvalue weighted by Gasteiger charge is 2.21. The molecule has 1 aliphatic rings. The van der Waals surface area contributed by atoms with Gasteiger partial charge < -0.3 is 9.84 Å². The number of benzene rings is 1. The Morgan fingerprint density at radius 2 is 1.80 bits per heavy atom. The maximum absolute atomic E-state index is 10.5. The van der Waals surface area contributed by atoms with Crippen LogP contribution in [0.25, 0.3) is 6.08 Å². The molecule has 0 amide bonds. The van der Waals surface area contributed by atoms with Crippen molar-refractivity contribution in [1.29, 1.82) is 0 Å². The van der Waals surface area contributed by atoms with E-state index in [2.05, 4.69) is 6.58 Å². The second-order valence-corrected chi connectivity index (χ2v) is 7.01. The van der Waals surface area contributed by atoms with Crippen molar-refractivity contribution in [1.82, 2.24) is 0 Å². The Hall–Kier alpha value is -2.03. The molecule has 0 aromatic heterocycles. The van der Waals surface area contributed by atoms with Crippen LogP contribution in [0.4, 0.5) is 0 Å². The zero-order valence-corrected chi connectivity index (χ0v) is 15.0. The van der Waals surface area contributed by atoms with Crippen LogP contribution in [0.15, 0.2) is 43.0 Å². The number of aliphatic carboxylic acids is 1. The number of hydrogen-bond acceptors (Lipinski definition) is 2. The summed E-state index contributed by atoms with van der Waals surface area (Å²) in [6.45, 7) is 4.57. The molecular weight excluding hydrogens is 312 g/mol. The van der Waals surface area contributed by atoms with Crippen LogP contribution in [0.2, 0.25) is 0 Å². The summed E-state index contributed by atoms with van der Waals surface area (Å²) in [5, 5.41) is 8.63. The molecule has 1 saturated carbocycles. The first-order valence-corrected chi connectivity index (χ1v) is 9.42. The molecule has 0 bridgehead atoms. The van der Waals surface area contributed by atoms with Gasteiger partial charge in [-0.1, -0.05) is 43.9 Å². The van der Waals surface area contributed by atoms with Gasteiger partial charge in [0.1, 0.15) is 5.75 Å². The molecular formula is C22H30O3. The van der Waals surface area contributed by atoms with Crippen molar-refractivity contribution >= 4 is 12.0 Å². The summed E-state index contributed by atoms with van der Waals surface area (Å²) in [6.07, 6.45) is 15.1. The second-order valence-electron chi connectivity index (χ2n) is 7.01. The van der Waals surface area contributed by atoms with E-state index in [0.717, 1.165) is 36.3 Å². The van der Waals surface area contributed by atoms with Crippen LogP contribution in [-0.2, 0) is 4.79 Å². The largest absolute Gasteiger partial charge is 0.493 e. The van der Waals surface area contributed by atoms with E-state index in [4.69, 9.17) is 9.84 Å². The predicted octanol–water partition coefficient (Wildman–Crippen LogP) is 5.72. The van der Waals surface area contributed by atoms with Gasteiger partial charge in [-0.25, -0.2) is 4.79 Å². The molecule has 1 aliphatic carbocycles. The zero-order chi connectivity index (χ0) is 17.9. The number of rotatable bonds is 10. The fraction of sp³-hybridized carbons (Fsp3) is 0.500. The molecule has 3 nitrogen and oxygen atoms in total. The third kappa shape index (κ3) is 7.59. The fourth-order valence-corrected chi connectivity index (χ4v) is 3.47. The molecule has 1 aromatic carbocycles. The minimum atomic E-state index is -0.934. The number of hydrogen-bond donors (Lipinski definition) is 1. The van der Waals surface area contributed by atoms with Gasteiger partial charge in [0.15, 0.2) is 0 Å². The quantitative estimate of drug-likeness (QED) is 0.336. The smallest absolute Gasteiger partial charge is 0.328 e. The fourth-order valence-electron chi connectivity index (χ4n) is 3.47. The molecule has 1 N–H and O–H groups in total. The van der Waals surface area contributed by atoms with Crippen molar-refractivity contribution < 1.29 is 14.6 Å². The van der Waals surface area contributed by atoms with Gasteiger partial charge in [-0.15, -0.1) is 6.58 Å². The van der Waals surface area contributed by atoms with Crippen LogP contribution in [0.3, 0.4) is 0 Å². The van der Waals surface area contributed by atoms with Gasteiger partial charge in [-0.05, 0) is 61.3 Å². The third-order valence-corrected chi connectivity index (χ3v) is 5.02. The third-order valence-electron chi connectivity index (χ3n) is 5.02. The Morgan fingerprint density at radius 3 is 2.44 bits per heavy atom. The lowest BCUT2D eigenvalue weighted by molar-refractivity contribution is -0.131. The molecule has 0 spiro atoms. The molecule has 25 heavy (non-hydrogen) atoms. The molecule has 136 valence electrons. The molecule has 2 rings (SSSR count). The summed E-state index contributed by atoms with van der Waals surface area (Å²) in [7, 11) is 0. The molecule has 0 unspecified atom stereocenters. The molecule has 0 radical (unpaired) electrons. The minimum absolute atomic E-state index is 0.663. The summed E-state index contributed by atoms with van der Waals surface area (Å²) >= 11 is 0. The van der Waals surface area contributed by atoms with E-state index in [-0.39, 0.29) is 0 Å². The van der Waals surface area contributed by atoms with Crippen molar-refractivity contribution in [2.75, 3.05) is 6.61 Å². The highest BCUT2D eigenvalue weighted by Crippen LogP contribution is 2.32. The molecule has 0 aliphatic heterocycles. The first-order valence-electron chi connectivity index (χ1n) is 9.42. The zero-order valence-electron chi connectivity index (χ0n) is 15.0. The van der Waals surface area contributed by atoms with Crippen LogP contribution in [0.5, 0.6) is 5.75 Å². The van der Waals surface area contributed by atoms with Crippen molar-refractivity contribution in [2.45, 2.75) is 51.4 Å². The van der Waals surface area contributed by atoms with E-state index >= 15 is 0 Å². The van der Waals surface area contributed by atoms with Gasteiger partial charge in [0.25, 0.3) is 0 Å². The normalized spacial score (nSPS) is 20.5. The summed E-state index contributed by atoms with van der Waals surface area (Å²) in [5.41, 5.74) is 0.867. The average molecular weight is 342 g/mol. The van der Waals surface area contributed by atoms with Gasteiger partial charge in [-0.3, -0.25) is 0 Å². The van der Waals surface area contributed by atoms with Crippen molar-refractivity contribution in [2.24, 2.45) is 11.8 Å². The van der Waals surface area contributed by atoms with Crippen molar-refractivity contribution in [3.63, 3.8) is 0 Å². The topological polar surface area (TPSA) is 46.5 Å². The van der Waals surface area contributed by atoms with Crippen LogP contribution in [-0.4, -0.2) is 17.7 Å². The number of carboxylic acid groups (broad SMARTS) is 1. The van der Waals surface area contributed by atoms with E-state index in [0.29, 0.717) is 5.92 Å². The van der Waals surface area contributed by atoms with E-state index in [1.165, 1.54) is 44.9 Å². The SMILES string of the molecule is C=CCCCCC1CCC(COc2ccc(/C=C/C(=O)O)cc2)CC1. The van der Waals surface area contributed by atoms with E-state index in [1.54, 1.807) is 6.08 Å². The van der Waals surface area contributed by atoms with Crippen molar-refractivity contribution in [3.8, 4) is 5.75 Å². The first kappa shape index (κ1) is 19.3. The van der Waals surface area contributed by atoms with Crippen molar-refractivity contribution in [3.05, 3.63) is 48.6 Å². The number of allylic oxidation sites excluding steroid dienone is 1. The van der Waals surface area contributed by atoms with E-state index < -0.39 is 5.97 Å². The standard InChI is InChI=1S/C22H30O3/c1-2-3-4-5-6-18-7-9-20(10-8-18)17-25-21-14-11-19(12-15-21)13-16-22(23)24/h2,11-16,18,20H,1,3-10,17H2,(H,23,24)/b16-13+. The maximum atomic E-state index is 10.5. The van der Waals surface area contributed by atoms with Crippen LogP contribution in [0, 0.1) is 11.8 Å². The molecule has 1 aromatic rings. The van der Waals surface area contributed by atoms with E-state index in [1.807, 2.05) is 30.3 Å². The number of carboxylic acids is 1. The summed E-state index contributed by atoms with van der Waals surface area (Å²) in [5.74, 6) is 1.49. The number of unbranched alkanes of at least 4 members (excludes halogenated alkanes) is 2. The minimum Gasteiger partial charge on any atom is -0.493 e. The van der Waals surface area contributed by atoms with Crippen LogP contribution < -0.4 is 4.74 Å². The van der Waals surface area contributed by atoms with Gasteiger partial charge >= 0.3 is 5.97 Å². The molecule has 0 heterocycles. The molecule has 3 heteroatoms. The summed E-state index contributed by atoms with van der Waals surface area (Å²) in [6, 6.07) is 7.59. The van der Waals surface area contributed by atoms with Gasteiger partial charge in [0, 0.05) is 6.08 Å². The molecule has 0 saturated heterocycles.